The topological polar surface area (TPSA) is 17.1 Å². The van der Waals surface area contributed by atoms with Gasteiger partial charge in [-0.15, -0.1) is 5.92 Å². The van der Waals surface area contributed by atoms with Crippen LogP contribution in [0.25, 0.3) is 10.8 Å². The number of Topliss-reactive ketones (excluding diaryl/α,β-unsaturated/α-hetero) is 1. The molecule has 0 spiro atoms. The van der Waals surface area contributed by atoms with Gasteiger partial charge in [0.2, 0.25) is 0 Å². The van der Waals surface area contributed by atoms with Crippen LogP contribution >= 0.6 is 0 Å². The average molecular weight is 226 g/mol. The molecule has 0 aromatic heterocycles. The molecule has 0 radical (unpaired) electrons. The van der Waals surface area contributed by atoms with Crippen LogP contribution in [0.1, 0.15) is 23.7 Å². The maximum Gasteiger partial charge on any atom is 0.175 e. The van der Waals surface area contributed by atoms with Crippen molar-refractivity contribution in [2.24, 2.45) is 0 Å². The van der Waals surface area contributed by atoms with Crippen molar-refractivity contribution >= 4 is 16.6 Å². The number of hydrogen-bond acceptors (Lipinski definition) is 1. The van der Waals surface area contributed by atoms with Crippen LogP contribution in [-0.2, 0) is 0 Å². The number of benzene rings is 2. The van der Waals surface area contributed by atoms with E-state index in [1.54, 1.807) is 31.2 Å². The van der Waals surface area contributed by atoms with E-state index in [1.807, 2.05) is 0 Å². The smallest absolute Gasteiger partial charge is 0.175 e. The van der Waals surface area contributed by atoms with Crippen LogP contribution in [-0.4, -0.2) is 5.78 Å². The predicted octanol–water partition coefficient (Wildman–Crippen LogP) is 3.58. The summed E-state index contributed by atoms with van der Waals surface area (Å²) < 4.78 is 13.5. The molecule has 0 aliphatic heterocycles. The second kappa shape index (κ2) is 4.80. The summed E-state index contributed by atoms with van der Waals surface area (Å²) in [6, 6.07) is 9.83. The van der Waals surface area contributed by atoms with Gasteiger partial charge in [0.1, 0.15) is 5.82 Å². The maximum absolute atomic E-state index is 13.5. The van der Waals surface area contributed by atoms with Crippen molar-refractivity contribution in [1.29, 1.82) is 0 Å². The highest BCUT2D eigenvalue weighted by Gasteiger charge is 2.10. The van der Waals surface area contributed by atoms with Crippen LogP contribution in [0.2, 0.25) is 0 Å². The summed E-state index contributed by atoms with van der Waals surface area (Å²) >= 11 is 0. The molecule has 0 aliphatic carbocycles. The van der Waals surface area contributed by atoms with Crippen molar-refractivity contribution in [2.75, 3.05) is 0 Å². The first-order valence-corrected chi connectivity index (χ1v) is 5.34. The Morgan fingerprint density at radius 3 is 2.59 bits per heavy atom. The molecule has 17 heavy (non-hydrogen) atoms. The zero-order valence-electron chi connectivity index (χ0n) is 9.46. The fourth-order valence-electron chi connectivity index (χ4n) is 1.77. The summed E-state index contributed by atoms with van der Waals surface area (Å²) in [5.41, 5.74) is 0.532. The molecule has 84 valence electrons. The molecule has 2 heteroatoms. The monoisotopic (exact) mass is 226 g/mol. The van der Waals surface area contributed by atoms with Gasteiger partial charge in [-0.05, 0) is 24.4 Å². The van der Waals surface area contributed by atoms with Gasteiger partial charge in [-0.1, -0.05) is 30.2 Å². The fourth-order valence-corrected chi connectivity index (χ4v) is 1.77. The molecule has 0 amide bonds. The summed E-state index contributed by atoms with van der Waals surface area (Å²) in [7, 11) is 0. The highest BCUT2D eigenvalue weighted by atomic mass is 19.1. The van der Waals surface area contributed by atoms with Crippen molar-refractivity contribution in [3.05, 3.63) is 47.8 Å². The minimum absolute atomic E-state index is 0.0736. The normalized spacial score (nSPS) is 9.76. The quantitative estimate of drug-likeness (QED) is 0.565. The molecule has 0 heterocycles. The Bertz CT molecular complexity index is 632. The third-order valence-corrected chi connectivity index (χ3v) is 2.60. The number of carbonyl (C=O) groups excluding carboxylic acids is 1. The Balaban J connectivity index is 2.57. The molecule has 0 bridgehead atoms. The van der Waals surface area contributed by atoms with Crippen molar-refractivity contribution < 1.29 is 9.18 Å². The molecule has 0 fully saturated rings. The maximum atomic E-state index is 13.5. The molecule has 0 N–H and O–H groups in total. The predicted molar refractivity (Wildman–Crippen MR) is 66.3 cm³/mol. The molecule has 0 saturated carbocycles. The minimum atomic E-state index is -0.307. The minimum Gasteiger partial charge on any atom is -0.293 e. The molecule has 1 nitrogen and oxygen atoms in total. The highest BCUT2D eigenvalue weighted by Crippen LogP contribution is 2.22. The summed E-state index contributed by atoms with van der Waals surface area (Å²) in [6.45, 7) is 1.69. The van der Waals surface area contributed by atoms with Crippen molar-refractivity contribution in [1.82, 2.24) is 0 Å². The second-order valence-electron chi connectivity index (χ2n) is 3.67. The lowest BCUT2D eigenvalue weighted by Gasteiger charge is -2.04. The number of halogens is 1. The third-order valence-electron chi connectivity index (χ3n) is 2.60. The standard InChI is InChI=1S/C15H11FO/c1-2-3-8-15(17)13-9-10-14(16)12-7-5-4-6-11(12)13/h4-7,9-10H,8H2,1H3. The lowest BCUT2D eigenvalue weighted by Crippen LogP contribution is -1.99. The van der Waals surface area contributed by atoms with E-state index in [4.69, 9.17) is 0 Å². The summed E-state index contributed by atoms with van der Waals surface area (Å²) in [6.07, 6.45) is 0.173. The summed E-state index contributed by atoms with van der Waals surface area (Å²) in [4.78, 5) is 11.9. The Kier molecular flexibility index (Phi) is 3.20. The molecule has 0 unspecified atom stereocenters. The molecule has 2 aromatic rings. The number of fused-ring (bicyclic) bond motifs is 1. The first kappa shape index (κ1) is 11.3. The number of hydrogen-bond donors (Lipinski definition) is 0. The van der Waals surface area contributed by atoms with Crippen molar-refractivity contribution in [3.8, 4) is 11.8 Å². The molecule has 2 aromatic carbocycles. The van der Waals surface area contributed by atoms with E-state index in [1.165, 1.54) is 12.1 Å². The van der Waals surface area contributed by atoms with Crippen molar-refractivity contribution in [3.63, 3.8) is 0 Å². The molecule has 0 saturated heterocycles. The number of ketones is 1. The van der Waals surface area contributed by atoms with Crippen LogP contribution in [0, 0.1) is 17.7 Å². The lowest BCUT2D eigenvalue weighted by molar-refractivity contribution is 0.0999. The van der Waals surface area contributed by atoms with Gasteiger partial charge in [0.15, 0.2) is 5.78 Å². The Labute approximate surface area is 99.3 Å². The van der Waals surface area contributed by atoms with Gasteiger partial charge in [-0.3, -0.25) is 4.79 Å². The van der Waals surface area contributed by atoms with E-state index < -0.39 is 0 Å². The summed E-state index contributed by atoms with van der Waals surface area (Å²) in [5, 5.41) is 1.12. The van der Waals surface area contributed by atoms with Gasteiger partial charge in [0.25, 0.3) is 0 Å². The van der Waals surface area contributed by atoms with E-state index in [2.05, 4.69) is 11.8 Å². The SMILES string of the molecule is CC#CCC(=O)c1ccc(F)c2ccccc12. The molecular weight excluding hydrogens is 215 g/mol. The third kappa shape index (κ3) is 2.19. The van der Waals surface area contributed by atoms with Gasteiger partial charge >= 0.3 is 0 Å². The van der Waals surface area contributed by atoms with E-state index in [0.29, 0.717) is 16.3 Å². The zero-order valence-corrected chi connectivity index (χ0v) is 9.46. The van der Waals surface area contributed by atoms with Gasteiger partial charge < -0.3 is 0 Å². The summed E-state index contributed by atoms with van der Waals surface area (Å²) in [5.74, 6) is 5.04. The van der Waals surface area contributed by atoms with Crippen LogP contribution in [0.3, 0.4) is 0 Å². The van der Waals surface area contributed by atoms with E-state index in [9.17, 15) is 9.18 Å². The molecule has 0 aliphatic rings. The Morgan fingerprint density at radius 1 is 1.18 bits per heavy atom. The average Bonchev–Trinajstić information content (AvgIpc) is 2.37. The van der Waals surface area contributed by atoms with Crippen molar-refractivity contribution in [2.45, 2.75) is 13.3 Å². The van der Waals surface area contributed by atoms with Crippen LogP contribution in [0.5, 0.6) is 0 Å². The molecular formula is C15H11FO. The Hall–Kier alpha value is -2.14. The zero-order chi connectivity index (χ0) is 12.3. The molecule has 2 rings (SSSR count). The van der Waals surface area contributed by atoms with E-state index in [0.717, 1.165) is 0 Å². The first-order chi connectivity index (χ1) is 8.24. The lowest BCUT2D eigenvalue weighted by atomic mass is 9.99. The molecule has 0 atom stereocenters. The highest BCUT2D eigenvalue weighted by molar-refractivity contribution is 6.09. The first-order valence-electron chi connectivity index (χ1n) is 5.34. The van der Waals surface area contributed by atoms with Crippen LogP contribution in [0.15, 0.2) is 36.4 Å². The van der Waals surface area contributed by atoms with Crippen LogP contribution < -0.4 is 0 Å². The largest absolute Gasteiger partial charge is 0.293 e. The van der Waals surface area contributed by atoms with E-state index >= 15 is 0 Å². The van der Waals surface area contributed by atoms with Crippen LogP contribution in [0.4, 0.5) is 4.39 Å². The fraction of sp³-hybridized carbons (Fsp3) is 0.133. The van der Waals surface area contributed by atoms with Gasteiger partial charge in [0, 0.05) is 10.9 Å². The number of carbonyl (C=O) groups is 1. The van der Waals surface area contributed by atoms with Gasteiger partial charge in [-0.2, -0.15) is 0 Å². The van der Waals surface area contributed by atoms with Gasteiger partial charge in [-0.25, -0.2) is 4.39 Å². The second-order valence-corrected chi connectivity index (χ2v) is 3.67. The van der Waals surface area contributed by atoms with E-state index in [-0.39, 0.29) is 18.0 Å². The number of rotatable bonds is 2. The Morgan fingerprint density at radius 2 is 1.88 bits per heavy atom. The van der Waals surface area contributed by atoms with Gasteiger partial charge in [0.05, 0.1) is 6.42 Å².